The van der Waals surface area contributed by atoms with Gasteiger partial charge in [0, 0.05) is 22.8 Å². The van der Waals surface area contributed by atoms with Gasteiger partial charge < -0.3 is 20.1 Å². The zero-order valence-electron chi connectivity index (χ0n) is 16.0. The molecule has 0 aromatic heterocycles. The van der Waals surface area contributed by atoms with Crippen LogP contribution < -0.4 is 4.74 Å². The van der Waals surface area contributed by atoms with Crippen LogP contribution in [0.2, 0.25) is 0 Å². The van der Waals surface area contributed by atoms with Gasteiger partial charge in [-0.25, -0.2) is 0 Å². The monoisotopic (exact) mass is 406 g/mol. The molecule has 3 rings (SSSR count). The van der Waals surface area contributed by atoms with E-state index in [0.717, 1.165) is 37.9 Å². The van der Waals surface area contributed by atoms with Gasteiger partial charge in [-0.3, -0.25) is 4.79 Å². The molecule has 0 spiro atoms. The molecule has 1 aromatic carbocycles. The first kappa shape index (κ1) is 21.2. The van der Waals surface area contributed by atoms with Gasteiger partial charge in [-0.05, 0) is 50.2 Å². The second-order valence-electron chi connectivity index (χ2n) is 7.78. The van der Waals surface area contributed by atoms with Crippen molar-refractivity contribution in [1.82, 2.24) is 0 Å². The van der Waals surface area contributed by atoms with Gasteiger partial charge in [0.05, 0.1) is 6.10 Å². The molecule has 1 aliphatic carbocycles. The quantitative estimate of drug-likeness (QED) is 0.544. The molecule has 28 heavy (non-hydrogen) atoms. The fourth-order valence-corrected chi connectivity index (χ4v) is 6.20. The molecule has 1 saturated heterocycles. The molecule has 6 atom stereocenters. The third-order valence-electron chi connectivity index (χ3n) is 5.72. The van der Waals surface area contributed by atoms with Gasteiger partial charge in [0.15, 0.2) is 0 Å². The second kappa shape index (κ2) is 10.3. The topological polar surface area (TPSA) is 87.0 Å². The molecule has 3 N–H and O–H groups in total. The molecule has 1 saturated carbocycles. The molecule has 0 amide bonds. The normalized spacial score (nSPS) is 30.9. The summed E-state index contributed by atoms with van der Waals surface area (Å²) in [5.74, 6) is 0.501. The zero-order chi connectivity index (χ0) is 19.9. The Bertz CT molecular complexity index is 650. The number of thioether (sulfide) groups is 1. The highest BCUT2D eigenvalue weighted by atomic mass is 32.2. The van der Waals surface area contributed by atoms with Crippen LogP contribution in [0.5, 0.6) is 5.75 Å². The van der Waals surface area contributed by atoms with Crippen molar-refractivity contribution in [2.24, 2.45) is 11.8 Å². The summed E-state index contributed by atoms with van der Waals surface area (Å²) < 4.78 is 5.58. The van der Waals surface area contributed by atoms with Gasteiger partial charge in [-0.1, -0.05) is 30.4 Å². The van der Waals surface area contributed by atoms with Crippen molar-refractivity contribution in [2.75, 3.05) is 6.61 Å². The Hall–Kier alpha value is -1.50. The number of hydrogen-bond donors (Lipinski definition) is 3. The SMILES string of the molecule is O=C(O)CCC[C@@H]1CC[C@@H]2[C@@H](/C=C/[C@H](O)COc3ccccc3)[C@H](O)C[C@@H]2S1. The highest BCUT2D eigenvalue weighted by Crippen LogP contribution is 2.49. The van der Waals surface area contributed by atoms with Crippen LogP contribution in [0.15, 0.2) is 42.5 Å². The van der Waals surface area contributed by atoms with Crippen molar-refractivity contribution < 1.29 is 24.9 Å². The van der Waals surface area contributed by atoms with E-state index < -0.39 is 12.1 Å². The van der Waals surface area contributed by atoms with E-state index in [9.17, 15) is 15.0 Å². The maximum absolute atomic E-state index is 10.7. The fourth-order valence-electron chi connectivity index (χ4n) is 4.31. The van der Waals surface area contributed by atoms with Crippen molar-refractivity contribution in [3.63, 3.8) is 0 Å². The van der Waals surface area contributed by atoms with E-state index in [1.807, 2.05) is 48.2 Å². The number of aliphatic hydroxyl groups is 2. The summed E-state index contributed by atoms with van der Waals surface area (Å²) in [6, 6.07) is 9.41. The standard InChI is InChI=1S/C22H30O5S/c23-15(14-27-16-5-2-1-3-6-16)9-11-18-19-12-10-17(7-4-8-22(25)26)28-21(19)13-20(18)24/h1-3,5-6,9,11,15,17-21,23-24H,4,7-8,10,12-14H2,(H,25,26)/b11-9+/t15-,17+,18+,19+,20+,21-/m0/s1. The number of fused-ring (bicyclic) bond motifs is 1. The van der Waals surface area contributed by atoms with Crippen molar-refractivity contribution in [2.45, 2.75) is 61.2 Å². The Morgan fingerprint density at radius 3 is 2.82 bits per heavy atom. The first-order chi connectivity index (χ1) is 13.5. The van der Waals surface area contributed by atoms with Crippen LogP contribution in [0.4, 0.5) is 0 Å². The maximum Gasteiger partial charge on any atom is 0.303 e. The van der Waals surface area contributed by atoms with E-state index in [-0.39, 0.29) is 25.0 Å². The Morgan fingerprint density at radius 1 is 1.29 bits per heavy atom. The third kappa shape index (κ3) is 6.00. The highest BCUT2D eigenvalue weighted by molar-refractivity contribution is 8.00. The number of ether oxygens (including phenoxy) is 1. The molecular weight excluding hydrogens is 376 g/mol. The Kier molecular flexibility index (Phi) is 7.82. The lowest BCUT2D eigenvalue weighted by molar-refractivity contribution is -0.137. The minimum absolute atomic E-state index is 0.0730. The van der Waals surface area contributed by atoms with Crippen LogP contribution >= 0.6 is 11.8 Å². The van der Waals surface area contributed by atoms with E-state index in [1.165, 1.54) is 0 Å². The number of carbonyl (C=O) groups is 1. The third-order valence-corrected chi connectivity index (χ3v) is 7.46. The second-order valence-corrected chi connectivity index (χ2v) is 9.32. The van der Waals surface area contributed by atoms with Crippen molar-refractivity contribution in [3.8, 4) is 5.75 Å². The Balaban J connectivity index is 1.46. The van der Waals surface area contributed by atoms with Crippen LogP contribution in [0.1, 0.15) is 38.5 Å². The van der Waals surface area contributed by atoms with Crippen LogP contribution in [0, 0.1) is 11.8 Å². The Morgan fingerprint density at radius 2 is 2.07 bits per heavy atom. The Labute approximate surface area is 170 Å². The van der Waals surface area contributed by atoms with E-state index in [2.05, 4.69) is 0 Å². The lowest BCUT2D eigenvalue weighted by atomic mass is 9.88. The van der Waals surface area contributed by atoms with Gasteiger partial charge >= 0.3 is 5.97 Å². The van der Waals surface area contributed by atoms with Gasteiger partial charge in [-0.2, -0.15) is 11.8 Å². The van der Waals surface area contributed by atoms with Crippen molar-refractivity contribution >= 4 is 17.7 Å². The predicted octanol–water partition coefficient (Wildman–Crippen LogP) is 3.50. The van der Waals surface area contributed by atoms with Gasteiger partial charge in [-0.15, -0.1) is 0 Å². The maximum atomic E-state index is 10.7. The van der Waals surface area contributed by atoms with Crippen LogP contribution in [0.25, 0.3) is 0 Å². The number of rotatable bonds is 9. The number of carboxylic acid groups (broad SMARTS) is 1. The highest BCUT2D eigenvalue weighted by Gasteiger charge is 2.44. The number of para-hydroxylation sites is 1. The van der Waals surface area contributed by atoms with Gasteiger partial charge in [0.1, 0.15) is 18.5 Å². The number of aliphatic hydroxyl groups excluding tert-OH is 2. The van der Waals surface area contributed by atoms with E-state index in [1.54, 1.807) is 6.08 Å². The molecule has 1 heterocycles. The number of benzene rings is 1. The molecule has 2 fully saturated rings. The first-order valence-corrected chi connectivity index (χ1v) is 11.1. The summed E-state index contributed by atoms with van der Waals surface area (Å²) in [6.07, 6.45) is 7.45. The number of carboxylic acids is 1. The van der Waals surface area contributed by atoms with Gasteiger partial charge in [0.25, 0.3) is 0 Å². The summed E-state index contributed by atoms with van der Waals surface area (Å²) >= 11 is 1.93. The predicted molar refractivity (Wildman–Crippen MR) is 111 cm³/mol. The molecule has 0 unspecified atom stereocenters. The summed E-state index contributed by atoms with van der Waals surface area (Å²) in [4.78, 5) is 10.7. The van der Waals surface area contributed by atoms with Crippen LogP contribution in [-0.2, 0) is 4.79 Å². The average Bonchev–Trinajstić information content (AvgIpc) is 2.99. The number of aliphatic carboxylic acids is 1. The zero-order valence-corrected chi connectivity index (χ0v) is 16.8. The molecule has 1 aromatic rings. The summed E-state index contributed by atoms with van der Waals surface area (Å²) in [5.41, 5.74) is 0. The van der Waals surface area contributed by atoms with E-state index in [4.69, 9.17) is 9.84 Å². The smallest absolute Gasteiger partial charge is 0.303 e. The summed E-state index contributed by atoms with van der Waals surface area (Å²) in [7, 11) is 0. The molecule has 5 nitrogen and oxygen atoms in total. The molecular formula is C22H30O5S. The largest absolute Gasteiger partial charge is 0.491 e. The van der Waals surface area contributed by atoms with Gasteiger partial charge in [0.2, 0.25) is 0 Å². The molecule has 2 aliphatic rings. The van der Waals surface area contributed by atoms with Crippen LogP contribution in [-0.4, -0.2) is 50.6 Å². The average molecular weight is 407 g/mol. The minimum atomic E-state index is -0.727. The first-order valence-electron chi connectivity index (χ1n) is 10.1. The summed E-state index contributed by atoms with van der Waals surface area (Å²) in [6.45, 7) is 0.192. The lowest BCUT2D eigenvalue weighted by Crippen LogP contribution is -2.27. The molecule has 1 aliphatic heterocycles. The van der Waals surface area contributed by atoms with Crippen molar-refractivity contribution in [1.29, 1.82) is 0 Å². The minimum Gasteiger partial charge on any atom is -0.491 e. The van der Waals surface area contributed by atoms with Crippen LogP contribution in [0.3, 0.4) is 0 Å². The van der Waals surface area contributed by atoms with E-state index in [0.29, 0.717) is 16.4 Å². The van der Waals surface area contributed by atoms with Crippen molar-refractivity contribution in [3.05, 3.63) is 42.5 Å². The lowest BCUT2D eigenvalue weighted by Gasteiger charge is -2.33. The molecule has 0 bridgehead atoms. The number of hydrogen-bond acceptors (Lipinski definition) is 5. The molecule has 154 valence electrons. The molecule has 6 heteroatoms. The van der Waals surface area contributed by atoms with E-state index >= 15 is 0 Å². The fraction of sp³-hybridized carbons (Fsp3) is 0.591. The summed E-state index contributed by atoms with van der Waals surface area (Å²) in [5, 5.41) is 30.4. The molecule has 0 radical (unpaired) electrons.